The summed E-state index contributed by atoms with van der Waals surface area (Å²) in [5.74, 6) is 3.87. The lowest BCUT2D eigenvalue weighted by atomic mass is 9.96. The van der Waals surface area contributed by atoms with Gasteiger partial charge in [-0.05, 0) is 54.3 Å². The van der Waals surface area contributed by atoms with Gasteiger partial charge in [0.25, 0.3) is 0 Å². The number of carboxylic acid groups (broad SMARTS) is 1. The number of hydrogen-bond acceptors (Lipinski definition) is 4. The minimum absolute atomic E-state index is 0.0624. The summed E-state index contributed by atoms with van der Waals surface area (Å²) in [7, 11) is 0. The van der Waals surface area contributed by atoms with Gasteiger partial charge in [0, 0.05) is 23.7 Å². The summed E-state index contributed by atoms with van der Waals surface area (Å²) in [5, 5.41) is 13.2. The van der Waals surface area contributed by atoms with Crippen LogP contribution >= 0.6 is 0 Å². The van der Waals surface area contributed by atoms with Gasteiger partial charge in [-0.25, -0.2) is 14.3 Å². The van der Waals surface area contributed by atoms with E-state index in [-0.39, 0.29) is 17.5 Å². The molecule has 0 unspecified atom stereocenters. The number of aromatic nitrogens is 3. The van der Waals surface area contributed by atoms with Gasteiger partial charge in [-0.3, -0.25) is 4.79 Å². The van der Waals surface area contributed by atoms with Crippen LogP contribution in [0.15, 0.2) is 60.9 Å². The van der Waals surface area contributed by atoms with Crippen molar-refractivity contribution in [2.24, 2.45) is 0 Å². The molecule has 0 radical (unpaired) electrons. The van der Waals surface area contributed by atoms with Crippen molar-refractivity contribution in [1.29, 1.82) is 0 Å². The molecule has 0 aliphatic carbocycles. The van der Waals surface area contributed by atoms with Crippen molar-refractivity contribution in [3.8, 4) is 11.8 Å². The van der Waals surface area contributed by atoms with Crippen LogP contribution in [0.1, 0.15) is 48.7 Å². The monoisotopic (exact) mass is 463 g/mol. The van der Waals surface area contributed by atoms with Crippen LogP contribution in [0.5, 0.6) is 0 Å². The molecule has 0 bridgehead atoms. The predicted molar refractivity (Wildman–Crippen MR) is 117 cm³/mol. The third kappa shape index (κ3) is 4.66. The highest BCUT2D eigenvalue weighted by Crippen LogP contribution is 2.33. The van der Waals surface area contributed by atoms with Crippen molar-refractivity contribution in [3.63, 3.8) is 0 Å². The summed E-state index contributed by atoms with van der Waals surface area (Å²) in [5.41, 5.74) is 0.782. The first-order valence-corrected chi connectivity index (χ1v) is 10.0. The molecule has 4 aromatic rings. The Morgan fingerprint density at radius 3 is 2.62 bits per heavy atom. The highest BCUT2D eigenvalue weighted by atomic mass is 19.4. The molecule has 0 amide bonds. The molecule has 170 valence electrons. The fraction of sp³-hybridized carbons (Fsp3) is 0.120. The first kappa shape index (κ1) is 22.7. The molecule has 9 heteroatoms. The van der Waals surface area contributed by atoms with E-state index in [0.29, 0.717) is 23.0 Å². The van der Waals surface area contributed by atoms with E-state index >= 15 is 0 Å². The molecule has 6 nitrogen and oxygen atoms in total. The Kier molecular flexibility index (Phi) is 5.90. The molecule has 0 aliphatic rings. The quantitative estimate of drug-likeness (QED) is 0.354. The number of imidazole rings is 1. The van der Waals surface area contributed by atoms with Gasteiger partial charge in [-0.1, -0.05) is 24.1 Å². The second-order valence-corrected chi connectivity index (χ2v) is 7.50. The summed E-state index contributed by atoms with van der Waals surface area (Å²) < 4.78 is 41.4. The SMILES string of the molecule is Cc1ccc(C(=O)Cc2ccc(C(=O)O)c(C(F)(F)F)c2)cc1C#Cc1cnc2cccnn12. The van der Waals surface area contributed by atoms with Crippen LogP contribution in [0, 0.1) is 18.8 Å². The Hall–Kier alpha value is -4.45. The Morgan fingerprint density at radius 2 is 1.88 bits per heavy atom. The standard InChI is InChI=1S/C25H16F3N3O3/c1-15-4-6-18(13-17(15)7-8-19-14-29-23-3-2-10-30-31(19)23)22(32)12-16-5-9-20(24(33)34)21(11-16)25(26,27)28/h2-6,9-11,13-14H,12H2,1H3,(H,33,34). The molecule has 0 aliphatic heterocycles. The molecule has 34 heavy (non-hydrogen) atoms. The minimum Gasteiger partial charge on any atom is -0.478 e. The molecular weight excluding hydrogens is 447 g/mol. The maximum absolute atomic E-state index is 13.3. The second kappa shape index (κ2) is 8.83. The number of carbonyl (C=O) groups excluding carboxylic acids is 1. The van der Waals surface area contributed by atoms with Crippen LogP contribution in [0.2, 0.25) is 0 Å². The molecule has 2 heterocycles. The van der Waals surface area contributed by atoms with E-state index in [1.807, 2.05) is 6.92 Å². The minimum atomic E-state index is -4.86. The molecule has 4 rings (SSSR count). The van der Waals surface area contributed by atoms with Crippen molar-refractivity contribution in [2.45, 2.75) is 19.5 Å². The number of benzene rings is 2. The van der Waals surface area contributed by atoms with E-state index in [1.54, 1.807) is 47.2 Å². The van der Waals surface area contributed by atoms with Crippen LogP contribution in [-0.2, 0) is 12.6 Å². The Bertz CT molecular complexity index is 1490. The highest BCUT2D eigenvalue weighted by Gasteiger charge is 2.35. The first-order valence-electron chi connectivity index (χ1n) is 10.0. The second-order valence-electron chi connectivity index (χ2n) is 7.50. The molecule has 1 N–H and O–H groups in total. The fourth-order valence-electron chi connectivity index (χ4n) is 3.39. The van der Waals surface area contributed by atoms with Gasteiger partial charge in [-0.15, -0.1) is 0 Å². The maximum Gasteiger partial charge on any atom is 0.417 e. The van der Waals surface area contributed by atoms with Crippen LogP contribution in [-0.4, -0.2) is 31.5 Å². The largest absolute Gasteiger partial charge is 0.478 e. The zero-order valence-electron chi connectivity index (χ0n) is 17.7. The van der Waals surface area contributed by atoms with Gasteiger partial charge in [0.2, 0.25) is 0 Å². The third-order valence-electron chi connectivity index (χ3n) is 5.15. The van der Waals surface area contributed by atoms with E-state index in [1.165, 1.54) is 6.07 Å². The predicted octanol–water partition coefficient (Wildman–Crippen LogP) is 4.58. The number of nitrogens with zero attached hydrogens (tertiary/aromatic N) is 3. The first-order chi connectivity index (χ1) is 16.1. The maximum atomic E-state index is 13.3. The summed E-state index contributed by atoms with van der Waals surface area (Å²) in [6.07, 6.45) is -1.99. The Labute approximate surface area is 191 Å². The highest BCUT2D eigenvalue weighted by molar-refractivity contribution is 5.98. The van der Waals surface area contributed by atoms with Crippen molar-refractivity contribution in [2.75, 3.05) is 0 Å². The van der Waals surface area contributed by atoms with E-state index < -0.39 is 29.1 Å². The van der Waals surface area contributed by atoms with Gasteiger partial charge in [0.1, 0.15) is 5.69 Å². The van der Waals surface area contributed by atoms with Crippen molar-refractivity contribution in [1.82, 2.24) is 14.6 Å². The number of Topliss-reactive ketones (excluding diaryl/α,β-unsaturated/α-hetero) is 1. The van der Waals surface area contributed by atoms with Crippen molar-refractivity contribution < 1.29 is 27.9 Å². The topological polar surface area (TPSA) is 84.6 Å². The number of aromatic carboxylic acids is 1. The average molecular weight is 463 g/mol. The Balaban J connectivity index is 1.61. The summed E-state index contributed by atoms with van der Waals surface area (Å²) in [6.45, 7) is 1.82. The van der Waals surface area contributed by atoms with Gasteiger partial charge in [0.05, 0.1) is 17.3 Å². The molecule has 0 saturated heterocycles. The molecular formula is C25H16F3N3O3. The average Bonchev–Trinajstić information content (AvgIpc) is 3.21. The molecule has 0 atom stereocenters. The lowest BCUT2D eigenvalue weighted by Crippen LogP contribution is -2.14. The smallest absolute Gasteiger partial charge is 0.417 e. The molecule has 2 aromatic carbocycles. The Morgan fingerprint density at radius 1 is 1.09 bits per heavy atom. The summed E-state index contributed by atoms with van der Waals surface area (Å²) >= 11 is 0. The van der Waals surface area contributed by atoms with Crippen LogP contribution in [0.25, 0.3) is 5.65 Å². The lowest BCUT2D eigenvalue weighted by Gasteiger charge is -2.12. The number of alkyl halides is 3. The number of rotatable bonds is 4. The van der Waals surface area contributed by atoms with E-state index in [4.69, 9.17) is 5.11 Å². The molecule has 2 aromatic heterocycles. The summed E-state index contributed by atoms with van der Waals surface area (Å²) in [4.78, 5) is 28.1. The number of hydrogen-bond donors (Lipinski definition) is 1. The number of ketones is 1. The van der Waals surface area contributed by atoms with Crippen molar-refractivity contribution in [3.05, 3.63) is 100.0 Å². The van der Waals surface area contributed by atoms with Gasteiger partial charge < -0.3 is 5.11 Å². The third-order valence-corrected chi connectivity index (χ3v) is 5.15. The van der Waals surface area contributed by atoms with E-state index in [0.717, 1.165) is 11.6 Å². The van der Waals surface area contributed by atoms with E-state index in [2.05, 4.69) is 21.9 Å². The normalized spacial score (nSPS) is 11.2. The number of carbonyl (C=O) groups is 2. The van der Waals surface area contributed by atoms with Crippen molar-refractivity contribution >= 4 is 17.4 Å². The van der Waals surface area contributed by atoms with Crippen LogP contribution in [0.3, 0.4) is 0 Å². The zero-order valence-corrected chi connectivity index (χ0v) is 17.7. The van der Waals surface area contributed by atoms with Gasteiger partial charge in [0.15, 0.2) is 11.4 Å². The zero-order chi connectivity index (χ0) is 24.5. The van der Waals surface area contributed by atoms with E-state index in [9.17, 15) is 22.8 Å². The number of carboxylic acids is 1. The van der Waals surface area contributed by atoms with Crippen LogP contribution in [0.4, 0.5) is 13.2 Å². The molecule has 0 spiro atoms. The number of fused-ring (bicyclic) bond motifs is 1. The summed E-state index contributed by atoms with van der Waals surface area (Å²) in [6, 6.07) is 11.2. The molecule has 0 saturated carbocycles. The van der Waals surface area contributed by atoms with Crippen LogP contribution < -0.4 is 0 Å². The fourth-order valence-corrected chi connectivity index (χ4v) is 3.39. The number of aryl methyl sites for hydroxylation is 1. The lowest BCUT2D eigenvalue weighted by molar-refractivity contribution is -0.138. The molecule has 0 fully saturated rings. The van der Waals surface area contributed by atoms with Gasteiger partial charge in [-0.2, -0.15) is 18.3 Å². The number of halogens is 3. The van der Waals surface area contributed by atoms with Gasteiger partial charge >= 0.3 is 12.1 Å².